The van der Waals surface area contributed by atoms with Gasteiger partial charge in [-0.1, -0.05) is 77.6 Å². The molecule has 0 saturated carbocycles. The van der Waals surface area contributed by atoms with Crippen molar-refractivity contribution in [3.05, 3.63) is 0 Å². The van der Waals surface area contributed by atoms with E-state index >= 15 is 0 Å². The van der Waals surface area contributed by atoms with Gasteiger partial charge < -0.3 is 24.1 Å². The molecule has 0 aromatic heterocycles. The lowest BCUT2D eigenvalue weighted by molar-refractivity contribution is -0.138. The first-order chi connectivity index (χ1) is 14.3. The summed E-state index contributed by atoms with van der Waals surface area (Å²) in [4.78, 5) is 10.3. The fourth-order valence-electron chi connectivity index (χ4n) is 2.97. The van der Waals surface area contributed by atoms with Crippen LogP contribution in [0.5, 0.6) is 0 Å². The Morgan fingerprint density at radius 2 is 0.862 bits per heavy atom. The van der Waals surface area contributed by atoms with Crippen LogP contribution in [0, 0.1) is 0 Å². The van der Waals surface area contributed by atoms with Gasteiger partial charge in [0.1, 0.15) is 0 Å². The van der Waals surface area contributed by atoms with Crippen LogP contribution in [0.3, 0.4) is 0 Å². The van der Waals surface area contributed by atoms with Crippen molar-refractivity contribution in [2.45, 2.75) is 90.4 Å². The molecule has 6 heteroatoms. The third kappa shape index (κ3) is 27.3. The highest BCUT2D eigenvalue weighted by atomic mass is 16.6. The lowest BCUT2D eigenvalue weighted by Gasteiger charge is -2.07. The molecule has 174 valence electrons. The van der Waals surface area contributed by atoms with Gasteiger partial charge in [-0.25, -0.2) is 0 Å². The molecular weight excluding hydrogens is 372 g/mol. The Bertz CT molecular complexity index is 324. The normalized spacial score (nSPS) is 11.2. The van der Waals surface area contributed by atoms with E-state index in [-0.39, 0.29) is 13.0 Å². The standard InChI is InChI=1S/C23H46O6/c1-2-3-4-5-6-7-8-9-10-11-12-13-15-26-17-19-28-21-22-29-20-18-27-16-14-23(24)25/h2-22H2,1H3,(H,24,25). The molecule has 0 radical (unpaired) electrons. The number of ether oxygens (including phenoxy) is 4. The predicted molar refractivity (Wildman–Crippen MR) is 117 cm³/mol. The molecule has 0 fully saturated rings. The predicted octanol–water partition coefficient (Wildman–Crippen LogP) is 5.23. The Morgan fingerprint density at radius 1 is 0.517 bits per heavy atom. The van der Waals surface area contributed by atoms with E-state index in [4.69, 9.17) is 24.1 Å². The number of rotatable bonds is 25. The SMILES string of the molecule is CCCCCCCCCCCCCCOCCOCCOCCOCCC(=O)O. The first-order valence-corrected chi connectivity index (χ1v) is 11.8. The van der Waals surface area contributed by atoms with E-state index in [2.05, 4.69) is 6.92 Å². The Balaban J connectivity index is 2.99. The van der Waals surface area contributed by atoms with Crippen molar-refractivity contribution in [2.24, 2.45) is 0 Å². The molecule has 0 saturated heterocycles. The fourth-order valence-corrected chi connectivity index (χ4v) is 2.97. The summed E-state index contributed by atoms with van der Waals surface area (Å²) >= 11 is 0. The third-order valence-electron chi connectivity index (χ3n) is 4.72. The van der Waals surface area contributed by atoms with E-state index in [0.29, 0.717) is 39.6 Å². The smallest absolute Gasteiger partial charge is 0.305 e. The van der Waals surface area contributed by atoms with Gasteiger partial charge in [-0.05, 0) is 6.42 Å². The number of unbranched alkanes of at least 4 members (excludes halogenated alkanes) is 11. The van der Waals surface area contributed by atoms with E-state index in [1.165, 1.54) is 70.6 Å². The van der Waals surface area contributed by atoms with Gasteiger partial charge in [0.25, 0.3) is 0 Å². The van der Waals surface area contributed by atoms with Crippen molar-refractivity contribution >= 4 is 5.97 Å². The van der Waals surface area contributed by atoms with Gasteiger partial charge in [0.15, 0.2) is 0 Å². The second-order valence-electron chi connectivity index (χ2n) is 7.48. The highest BCUT2D eigenvalue weighted by molar-refractivity contribution is 5.66. The molecule has 0 spiro atoms. The van der Waals surface area contributed by atoms with Gasteiger partial charge in [0.2, 0.25) is 0 Å². The maximum atomic E-state index is 10.3. The first-order valence-electron chi connectivity index (χ1n) is 11.8. The fraction of sp³-hybridized carbons (Fsp3) is 0.957. The highest BCUT2D eigenvalue weighted by Crippen LogP contribution is 2.11. The Hall–Kier alpha value is -0.690. The Kier molecular flexibility index (Phi) is 24.7. The molecule has 1 N–H and O–H groups in total. The summed E-state index contributed by atoms with van der Waals surface area (Å²) in [5, 5.41) is 8.45. The van der Waals surface area contributed by atoms with Crippen LogP contribution in [-0.2, 0) is 23.7 Å². The van der Waals surface area contributed by atoms with Crippen molar-refractivity contribution in [3.8, 4) is 0 Å². The topological polar surface area (TPSA) is 74.2 Å². The first kappa shape index (κ1) is 28.3. The van der Waals surface area contributed by atoms with Crippen LogP contribution in [0.1, 0.15) is 90.4 Å². The summed E-state index contributed by atoms with van der Waals surface area (Å²) in [5.74, 6) is -0.847. The quantitative estimate of drug-likeness (QED) is 0.205. The van der Waals surface area contributed by atoms with Crippen molar-refractivity contribution in [3.63, 3.8) is 0 Å². The summed E-state index contributed by atoms with van der Waals surface area (Å²) in [5.41, 5.74) is 0. The number of hydrogen-bond donors (Lipinski definition) is 1. The maximum absolute atomic E-state index is 10.3. The largest absolute Gasteiger partial charge is 0.481 e. The molecule has 0 rings (SSSR count). The van der Waals surface area contributed by atoms with Gasteiger partial charge in [0, 0.05) is 6.61 Å². The molecule has 0 amide bonds. The van der Waals surface area contributed by atoms with Gasteiger partial charge in [-0.3, -0.25) is 4.79 Å². The lowest BCUT2D eigenvalue weighted by atomic mass is 10.1. The summed E-state index contributed by atoms with van der Waals surface area (Å²) in [6.07, 6.45) is 16.3. The van der Waals surface area contributed by atoms with Gasteiger partial charge >= 0.3 is 5.97 Å². The molecule has 0 aromatic rings. The zero-order valence-corrected chi connectivity index (χ0v) is 18.8. The molecule has 0 aliphatic rings. The minimum Gasteiger partial charge on any atom is -0.481 e. The molecule has 0 atom stereocenters. The van der Waals surface area contributed by atoms with E-state index in [1.54, 1.807) is 0 Å². The molecule has 0 aliphatic carbocycles. The number of carbonyl (C=O) groups is 1. The van der Waals surface area contributed by atoms with Crippen LogP contribution < -0.4 is 0 Å². The Labute approximate surface area is 178 Å². The van der Waals surface area contributed by atoms with Crippen LogP contribution in [0.25, 0.3) is 0 Å². The van der Waals surface area contributed by atoms with Crippen LogP contribution >= 0.6 is 0 Å². The molecule has 6 nitrogen and oxygen atoms in total. The summed E-state index contributed by atoms with van der Waals surface area (Å²) < 4.78 is 21.5. The van der Waals surface area contributed by atoms with E-state index in [0.717, 1.165) is 13.0 Å². The second kappa shape index (κ2) is 25.3. The third-order valence-corrected chi connectivity index (χ3v) is 4.72. The number of carboxylic acids is 1. The molecule has 29 heavy (non-hydrogen) atoms. The maximum Gasteiger partial charge on any atom is 0.305 e. The molecule has 0 unspecified atom stereocenters. The molecule has 0 heterocycles. The summed E-state index contributed by atoms with van der Waals surface area (Å²) in [7, 11) is 0. The van der Waals surface area contributed by atoms with Crippen molar-refractivity contribution in [2.75, 3.05) is 52.9 Å². The average molecular weight is 419 g/mol. The zero-order chi connectivity index (χ0) is 21.3. The lowest BCUT2D eigenvalue weighted by Crippen LogP contribution is -2.12. The Morgan fingerprint density at radius 3 is 1.28 bits per heavy atom. The molecular formula is C23H46O6. The highest BCUT2D eigenvalue weighted by Gasteiger charge is 1.97. The van der Waals surface area contributed by atoms with Crippen LogP contribution in [-0.4, -0.2) is 63.9 Å². The monoisotopic (exact) mass is 418 g/mol. The van der Waals surface area contributed by atoms with Crippen LogP contribution in [0.4, 0.5) is 0 Å². The molecule has 0 bridgehead atoms. The molecule has 0 aliphatic heterocycles. The average Bonchev–Trinajstić information content (AvgIpc) is 2.71. The van der Waals surface area contributed by atoms with E-state index in [9.17, 15) is 4.79 Å². The van der Waals surface area contributed by atoms with Crippen molar-refractivity contribution in [1.29, 1.82) is 0 Å². The van der Waals surface area contributed by atoms with Gasteiger partial charge in [0.05, 0.1) is 52.7 Å². The number of aliphatic carboxylic acids is 1. The number of hydrogen-bond acceptors (Lipinski definition) is 5. The minimum atomic E-state index is -0.847. The van der Waals surface area contributed by atoms with Gasteiger partial charge in [-0.2, -0.15) is 0 Å². The summed E-state index contributed by atoms with van der Waals surface area (Å²) in [6.45, 7) is 6.47. The van der Waals surface area contributed by atoms with Crippen LogP contribution in [0.2, 0.25) is 0 Å². The zero-order valence-electron chi connectivity index (χ0n) is 18.8. The molecule has 0 aromatic carbocycles. The van der Waals surface area contributed by atoms with Crippen LogP contribution in [0.15, 0.2) is 0 Å². The van der Waals surface area contributed by atoms with E-state index in [1.807, 2.05) is 0 Å². The summed E-state index contributed by atoms with van der Waals surface area (Å²) in [6, 6.07) is 0. The van der Waals surface area contributed by atoms with E-state index < -0.39 is 5.97 Å². The van der Waals surface area contributed by atoms with Gasteiger partial charge in [-0.15, -0.1) is 0 Å². The second-order valence-corrected chi connectivity index (χ2v) is 7.48. The minimum absolute atomic E-state index is 0.0301. The number of carboxylic acid groups (broad SMARTS) is 1. The van der Waals surface area contributed by atoms with Crippen molar-refractivity contribution < 1.29 is 28.8 Å². The van der Waals surface area contributed by atoms with Crippen molar-refractivity contribution in [1.82, 2.24) is 0 Å².